The van der Waals surface area contributed by atoms with Gasteiger partial charge >= 0.3 is 12.1 Å². The number of ether oxygens (including phenoxy) is 5. The number of rotatable bonds is 11. The molecule has 1 heterocycles. The van der Waals surface area contributed by atoms with E-state index in [1.54, 1.807) is 0 Å². The van der Waals surface area contributed by atoms with Crippen molar-refractivity contribution in [3.63, 3.8) is 0 Å². The van der Waals surface area contributed by atoms with Crippen LogP contribution in [-0.2, 0) is 28.5 Å². The lowest BCUT2D eigenvalue weighted by atomic mass is 9.98. The molecule has 2 aliphatic rings. The first-order chi connectivity index (χ1) is 19.0. The van der Waals surface area contributed by atoms with E-state index >= 15 is 0 Å². The second-order valence-corrected chi connectivity index (χ2v) is 10.3. The third-order valence-corrected chi connectivity index (χ3v) is 7.71. The summed E-state index contributed by atoms with van der Waals surface area (Å²) in [4.78, 5) is 27.6. The summed E-state index contributed by atoms with van der Waals surface area (Å²) >= 11 is 1.33. The van der Waals surface area contributed by atoms with Crippen molar-refractivity contribution in [2.45, 2.75) is 62.4 Å². The standard InChI is InChI=1S/C28H33N3O7S/c1-4-5-14-34-26-24(30-31-29)27(39-3)37-23(16-35-17(2)32)25(26)38-28(33)36-15-22-20-12-8-6-10-18(20)19-11-7-9-13-21(19)22/h6-13,22-27H,4-5,14-16H2,1-3H3/t23?,24-,25+,26?,27-/m0/s1. The summed E-state index contributed by atoms with van der Waals surface area (Å²) in [5, 5.41) is 3.91. The van der Waals surface area contributed by atoms with Crippen molar-refractivity contribution in [2.75, 3.05) is 26.1 Å². The fraction of sp³-hybridized carbons (Fsp3) is 0.500. The molecule has 4 rings (SSSR count). The zero-order chi connectivity index (χ0) is 27.8. The van der Waals surface area contributed by atoms with Crippen molar-refractivity contribution in [1.82, 2.24) is 0 Å². The SMILES string of the molecule is CCCCOC1[C@H](OC(=O)OCC2c3ccccc3-c3ccccc32)C(COC(C)=O)O[C@@H](SC)[C@H]1N=[N+]=[N-]. The zero-order valence-corrected chi connectivity index (χ0v) is 23.0. The number of azide groups is 1. The van der Waals surface area contributed by atoms with Gasteiger partial charge in [0.05, 0.1) is 0 Å². The van der Waals surface area contributed by atoms with Gasteiger partial charge in [-0.05, 0) is 40.5 Å². The number of nitrogens with zero attached hydrogens (tertiary/aromatic N) is 3. The predicted molar refractivity (Wildman–Crippen MR) is 146 cm³/mol. The molecule has 11 heteroatoms. The van der Waals surface area contributed by atoms with E-state index in [4.69, 9.17) is 23.7 Å². The van der Waals surface area contributed by atoms with Crippen molar-refractivity contribution >= 4 is 23.9 Å². The number of carbonyl (C=O) groups excluding carboxylic acids is 2. The molecule has 0 bridgehead atoms. The van der Waals surface area contributed by atoms with Crippen LogP contribution in [0.3, 0.4) is 0 Å². The number of fused-ring (bicyclic) bond motifs is 3. The molecule has 0 radical (unpaired) electrons. The number of hydrogen-bond donors (Lipinski definition) is 0. The highest BCUT2D eigenvalue weighted by Gasteiger charge is 2.49. The highest BCUT2D eigenvalue weighted by Crippen LogP contribution is 2.44. The van der Waals surface area contributed by atoms with Crippen molar-refractivity contribution in [2.24, 2.45) is 5.11 Å². The first kappa shape index (κ1) is 28.8. The number of thioether (sulfide) groups is 1. The Balaban J connectivity index is 1.53. The van der Waals surface area contributed by atoms with E-state index < -0.39 is 41.9 Å². The first-order valence-electron chi connectivity index (χ1n) is 13.0. The Morgan fingerprint density at radius 2 is 1.69 bits per heavy atom. The van der Waals surface area contributed by atoms with Crippen LogP contribution in [0.25, 0.3) is 21.6 Å². The van der Waals surface area contributed by atoms with Crippen LogP contribution in [0.4, 0.5) is 4.79 Å². The van der Waals surface area contributed by atoms with Gasteiger partial charge in [0, 0.05) is 24.4 Å². The predicted octanol–water partition coefficient (Wildman–Crippen LogP) is 5.84. The molecular formula is C28H33N3O7S. The number of hydrogen-bond acceptors (Lipinski definition) is 9. The lowest BCUT2D eigenvalue weighted by Crippen LogP contribution is -2.59. The molecule has 208 valence electrons. The number of carbonyl (C=O) groups is 2. The van der Waals surface area contributed by atoms with Crippen LogP contribution in [0.15, 0.2) is 53.6 Å². The van der Waals surface area contributed by atoms with Gasteiger partial charge < -0.3 is 23.7 Å². The largest absolute Gasteiger partial charge is 0.508 e. The summed E-state index contributed by atoms with van der Waals surface area (Å²) in [6.07, 6.45) is -0.153. The molecule has 2 aromatic rings. The van der Waals surface area contributed by atoms with Gasteiger partial charge in [0.25, 0.3) is 0 Å². The second kappa shape index (κ2) is 13.7. The maximum Gasteiger partial charge on any atom is 0.508 e. The van der Waals surface area contributed by atoms with Gasteiger partial charge in [-0.1, -0.05) is 67.0 Å². The van der Waals surface area contributed by atoms with Gasteiger partial charge in [0.15, 0.2) is 6.10 Å². The molecule has 1 aliphatic carbocycles. The van der Waals surface area contributed by atoms with Gasteiger partial charge in [-0.2, -0.15) is 0 Å². The van der Waals surface area contributed by atoms with Gasteiger partial charge in [0.1, 0.15) is 36.9 Å². The Hall–Kier alpha value is -3.24. The van der Waals surface area contributed by atoms with Crippen LogP contribution in [-0.4, -0.2) is 68.0 Å². The molecule has 5 atom stereocenters. The maximum absolute atomic E-state index is 13.1. The number of esters is 1. The van der Waals surface area contributed by atoms with Gasteiger partial charge in [0.2, 0.25) is 0 Å². The minimum atomic E-state index is -1.03. The molecule has 0 spiro atoms. The average molecular weight is 556 g/mol. The molecular weight excluding hydrogens is 522 g/mol. The topological polar surface area (TPSA) is 129 Å². The van der Waals surface area contributed by atoms with Crippen molar-refractivity contribution in [3.05, 3.63) is 70.1 Å². The van der Waals surface area contributed by atoms with E-state index in [1.165, 1.54) is 18.7 Å². The molecule has 2 unspecified atom stereocenters. The molecule has 2 aromatic carbocycles. The number of unbranched alkanes of at least 4 members (excludes halogenated alkanes) is 1. The third kappa shape index (κ3) is 6.67. The average Bonchev–Trinajstić information content (AvgIpc) is 3.26. The summed E-state index contributed by atoms with van der Waals surface area (Å²) in [5.41, 5.74) is 13.0. The summed E-state index contributed by atoms with van der Waals surface area (Å²) in [7, 11) is 0. The van der Waals surface area contributed by atoms with E-state index in [0.717, 1.165) is 35.1 Å². The van der Waals surface area contributed by atoms with Crippen molar-refractivity contribution in [1.29, 1.82) is 0 Å². The quantitative estimate of drug-likeness (QED) is 0.111. The molecule has 0 saturated carbocycles. The monoisotopic (exact) mass is 555 g/mol. The molecule has 0 N–H and O–H groups in total. The molecule has 1 fully saturated rings. The van der Waals surface area contributed by atoms with E-state index in [0.29, 0.717) is 6.61 Å². The fourth-order valence-corrected chi connectivity index (χ4v) is 5.78. The Morgan fingerprint density at radius 3 is 2.28 bits per heavy atom. The lowest BCUT2D eigenvalue weighted by molar-refractivity contribution is -0.194. The van der Waals surface area contributed by atoms with Crippen LogP contribution in [0, 0.1) is 0 Å². The normalized spacial score (nSPS) is 23.7. The smallest absolute Gasteiger partial charge is 0.463 e. The Kier molecular flexibility index (Phi) is 10.1. The van der Waals surface area contributed by atoms with E-state index in [2.05, 4.69) is 22.2 Å². The highest BCUT2D eigenvalue weighted by atomic mass is 32.2. The molecule has 0 aromatic heterocycles. The summed E-state index contributed by atoms with van der Waals surface area (Å²) in [6, 6.07) is 15.3. The molecule has 0 amide bonds. The van der Waals surface area contributed by atoms with E-state index in [9.17, 15) is 15.1 Å². The number of benzene rings is 2. The summed E-state index contributed by atoms with van der Waals surface area (Å²) < 4.78 is 28.8. The van der Waals surface area contributed by atoms with Gasteiger partial charge in [-0.3, -0.25) is 4.79 Å². The van der Waals surface area contributed by atoms with E-state index in [-0.39, 0.29) is 19.1 Å². The molecule has 1 saturated heterocycles. The van der Waals surface area contributed by atoms with Gasteiger partial charge in [-0.25, -0.2) is 4.79 Å². The Bertz CT molecular complexity index is 1160. The maximum atomic E-state index is 13.1. The van der Waals surface area contributed by atoms with E-state index in [1.807, 2.05) is 49.6 Å². The minimum Gasteiger partial charge on any atom is -0.463 e. The van der Waals surface area contributed by atoms with Crippen molar-refractivity contribution < 1.29 is 33.3 Å². The third-order valence-electron chi connectivity index (χ3n) is 6.85. The van der Waals surface area contributed by atoms with Crippen LogP contribution >= 0.6 is 11.8 Å². The van der Waals surface area contributed by atoms with Crippen LogP contribution in [0.2, 0.25) is 0 Å². The highest BCUT2D eigenvalue weighted by molar-refractivity contribution is 7.99. The van der Waals surface area contributed by atoms with Crippen molar-refractivity contribution in [3.8, 4) is 11.1 Å². The summed E-state index contributed by atoms with van der Waals surface area (Å²) in [6.45, 7) is 3.59. The lowest BCUT2D eigenvalue weighted by Gasteiger charge is -2.43. The summed E-state index contributed by atoms with van der Waals surface area (Å²) in [5.74, 6) is -0.641. The van der Waals surface area contributed by atoms with Crippen LogP contribution < -0.4 is 0 Å². The van der Waals surface area contributed by atoms with Gasteiger partial charge in [-0.15, -0.1) is 11.8 Å². The first-order valence-corrected chi connectivity index (χ1v) is 14.3. The van der Waals surface area contributed by atoms with Crippen LogP contribution in [0.5, 0.6) is 0 Å². The minimum absolute atomic E-state index is 0.0730. The molecule has 10 nitrogen and oxygen atoms in total. The Morgan fingerprint density at radius 1 is 1.03 bits per heavy atom. The van der Waals surface area contributed by atoms with Crippen LogP contribution in [0.1, 0.15) is 43.7 Å². The molecule has 39 heavy (non-hydrogen) atoms. The molecule has 1 aliphatic heterocycles. The zero-order valence-electron chi connectivity index (χ0n) is 22.2. The Labute approximate surface area is 231 Å². The second-order valence-electron chi connectivity index (χ2n) is 9.34. The fourth-order valence-electron chi connectivity index (χ4n) is 5.04.